The Labute approximate surface area is 130 Å². The summed E-state index contributed by atoms with van der Waals surface area (Å²) in [5, 5.41) is 3.08. The van der Waals surface area contributed by atoms with Crippen molar-refractivity contribution in [3.05, 3.63) is 54.1 Å². The molecule has 0 bridgehead atoms. The predicted octanol–water partition coefficient (Wildman–Crippen LogP) is 1.92. The third kappa shape index (κ3) is 3.95. The smallest absolute Gasteiger partial charge is 0.222 e. The van der Waals surface area contributed by atoms with Crippen molar-refractivity contribution < 1.29 is 9.53 Å². The van der Waals surface area contributed by atoms with Gasteiger partial charge in [0, 0.05) is 37.8 Å². The molecule has 0 aliphatic carbocycles. The van der Waals surface area contributed by atoms with E-state index >= 15 is 0 Å². The number of rotatable bonds is 6. The first-order valence-electron chi connectivity index (χ1n) is 7.72. The van der Waals surface area contributed by atoms with Gasteiger partial charge in [-0.25, -0.2) is 4.98 Å². The van der Waals surface area contributed by atoms with E-state index in [9.17, 15) is 4.79 Å². The van der Waals surface area contributed by atoms with Gasteiger partial charge in [0.1, 0.15) is 5.82 Å². The Bertz CT molecular complexity index is 609. The second-order valence-corrected chi connectivity index (χ2v) is 5.59. The average molecular weight is 299 g/mol. The molecule has 1 aromatic heterocycles. The van der Waals surface area contributed by atoms with E-state index in [1.807, 2.05) is 42.7 Å². The van der Waals surface area contributed by atoms with Crippen LogP contribution in [0, 0.1) is 0 Å². The van der Waals surface area contributed by atoms with Gasteiger partial charge < -0.3 is 14.6 Å². The number of aryl methyl sites for hydroxylation is 1. The number of imidazole rings is 1. The summed E-state index contributed by atoms with van der Waals surface area (Å²) in [7, 11) is 0. The number of ether oxygens (including phenoxy) is 1. The molecule has 0 radical (unpaired) electrons. The van der Waals surface area contributed by atoms with Crippen LogP contribution in [-0.4, -0.2) is 28.1 Å². The fourth-order valence-electron chi connectivity index (χ4n) is 2.71. The van der Waals surface area contributed by atoms with Crippen molar-refractivity contribution in [1.29, 1.82) is 0 Å². The lowest BCUT2D eigenvalue weighted by Crippen LogP contribution is -2.41. The van der Waals surface area contributed by atoms with E-state index in [1.165, 1.54) is 0 Å². The van der Waals surface area contributed by atoms with Gasteiger partial charge in [-0.2, -0.15) is 0 Å². The number of carbonyl (C=O) groups excluding carboxylic acids is 1. The first-order valence-corrected chi connectivity index (χ1v) is 7.72. The van der Waals surface area contributed by atoms with Gasteiger partial charge in [0.15, 0.2) is 0 Å². The Morgan fingerprint density at radius 3 is 3.09 bits per heavy atom. The molecule has 2 aromatic rings. The molecule has 0 saturated carbocycles. The number of amides is 1. The third-order valence-corrected chi connectivity index (χ3v) is 3.89. The summed E-state index contributed by atoms with van der Waals surface area (Å²) >= 11 is 0. The Morgan fingerprint density at radius 2 is 2.23 bits per heavy atom. The van der Waals surface area contributed by atoms with E-state index in [0.717, 1.165) is 30.8 Å². The van der Waals surface area contributed by atoms with E-state index in [-0.39, 0.29) is 11.9 Å². The quantitative estimate of drug-likeness (QED) is 0.829. The third-order valence-electron chi connectivity index (χ3n) is 3.89. The number of carbonyl (C=O) groups is 1. The van der Waals surface area contributed by atoms with Crippen LogP contribution in [-0.2, 0) is 29.1 Å². The summed E-state index contributed by atoms with van der Waals surface area (Å²) in [6, 6.07) is 10.2. The second kappa shape index (κ2) is 7.22. The van der Waals surface area contributed by atoms with E-state index < -0.39 is 0 Å². The zero-order valence-corrected chi connectivity index (χ0v) is 12.6. The minimum Gasteiger partial charge on any atom is -0.376 e. The second-order valence-electron chi connectivity index (χ2n) is 5.59. The van der Waals surface area contributed by atoms with Crippen LogP contribution in [0.3, 0.4) is 0 Å². The fraction of sp³-hybridized carbons (Fsp3) is 0.412. The molecule has 1 aliphatic rings. The van der Waals surface area contributed by atoms with E-state index in [1.54, 1.807) is 0 Å². The Kier molecular flexibility index (Phi) is 4.85. The van der Waals surface area contributed by atoms with Crippen molar-refractivity contribution in [2.45, 2.75) is 38.5 Å². The molecule has 0 fully saturated rings. The summed E-state index contributed by atoms with van der Waals surface area (Å²) in [6.45, 7) is 1.81. The highest BCUT2D eigenvalue weighted by Gasteiger charge is 2.19. The SMILES string of the molecule is O=C(CCOCc1ccccc1)N[C@H]1CCc2nccn2C1. The van der Waals surface area contributed by atoms with Gasteiger partial charge in [-0.15, -0.1) is 0 Å². The molecule has 5 nitrogen and oxygen atoms in total. The van der Waals surface area contributed by atoms with E-state index in [0.29, 0.717) is 19.6 Å². The normalized spacial score (nSPS) is 17.0. The molecule has 0 unspecified atom stereocenters. The molecule has 0 spiro atoms. The molecule has 1 amide bonds. The van der Waals surface area contributed by atoms with Crippen molar-refractivity contribution in [2.75, 3.05) is 6.61 Å². The Morgan fingerprint density at radius 1 is 1.36 bits per heavy atom. The van der Waals surface area contributed by atoms with Crippen LogP contribution in [0.2, 0.25) is 0 Å². The maximum Gasteiger partial charge on any atom is 0.222 e. The van der Waals surface area contributed by atoms with Crippen LogP contribution >= 0.6 is 0 Å². The summed E-state index contributed by atoms with van der Waals surface area (Å²) in [6.07, 6.45) is 6.06. The summed E-state index contributed by atoms with van der Waals surface area (Å²) in [5.41, 5.74) is 1.13. The minimum absolute atomic E-state index is 0.0571. The predicted molar refractivity (Wildman–Crippen MR) is 83.2 cm³/mol. The maximum atomic E-state index is 12.0. The molecule has 22 heavy (non-hydrogen) atoms. The molecule has 1 atom stereocenters. The van der Waals surface area contributed by atoms with Crippen LogP contribution in [0.25, 0.3) is 0 Å². The summed E-state index contributed by atoms with van der Waals surface area (Å²) in [4.78, 5) is 16.2. The molecule has 1 aromatic carbocycles. The van der Waals surface area contributed by atoms with Gasteiger partial charge in [0.25, 0.3) is 0 Å². The Balaban J connectivity index is 1.35. The maximum absolute atomic E-state index is 12.0. The molecule has 2 heterocycles. The first-order chi connectivity index (χ1) is 10.8. The average Bonchev–Trinajstić information content (AvgIpc) is 3.00. The molecule has 5 heteroatoms. The lowest BCUT2D eigenvalue weighted by atomic mass is 10.1. The number of nitrogens with one attached hydrogen (secondary N) is 1. The summed E-state index contributed by atoms with van der Waals surface area (Å²) < 4.78 is 7.66. The van der Waals surface area contributed by atoms with Crippen LogP contribution in [0.1, 0.15) is 24.2 Å². The van der Waals surface area contributed by atoms with E-state index in [2.05, 4.69) is 14.9 Å². The lowest BCUT2D eigenvalue weighted by Gasteiger charge is -2.24. The van der Waals surface area contributed by atoms with Gasteiger partial charge in [0.05, 0.1) is 13.2 Å². The van der Waals surface area contributed by atoms with Crippen LogP contribution < -0.4 is 5.32 Å². The Hall–Kier alpha value is -2.14. The van der Waals surface area contributed by atoms with E-state index in [4.69, 9.17) is 4.74 Å². The number of fused-ring (bicyclic) bond motifs is 1. The first kappa shape index (κ1) is 14.8. The fourth-order valence-corrected chi connectivity index (χ4v) is 2.71. The van der Waals surface area contributed by atoms with Crippen molar-refractivity contribution in [2.24, 2.45) is 0 Å². The zero-order chi connectivity index (χ0) is 15.2. The number of hydrogen-bond acceptors (Lipinski definition) is 3. The molecule has 1 N–H and O–H groups in total. The van der Waals surface area contributed by atoms with Gasteiger partial charge in [0.2, 0.25) is 5.91 Å². The number of hydrogen-bond donors (Lipinski definition) is 1. The van der Waals surface area contributed by atoms with Crippen molar-refractivity contribution in [1.82, 2.24) is 14.9 Å². The lowest BCUT2D eigenvalue weighted by molar-refractivity contribution is -0.123. The van der Waals surface area contributed by atoms with Crippen LogP contribution in [0.4, 0.5) is 0 Å². The highest BCUT2D eigenvalue weighted by Crippen LogP contribution is 2.13. The topological polar surface area (TPSA) is 56.1 Å². The molecule has 3 rings (SSSR count). The molecular formula is C17H21N3O2. The van der Waals surface area contributed by atoms with Crippen molar-refractivity contribution >= 4 is 5.91 Å². The largest absolute Gasteiger partial charge is 0.376 e. The molecular weight excluding hydrogens is 278 g/mol. The number of benzene rings is 1. The number of nitrogens with zero attached hydrogens (tertiary/aromatic N) is 2. The highest BCUT2D eigenvalue weighted by molar-refractivity contribution is 5.76. The van der Waals surface area contributed by atoms with Gasteiger partial charge >= 0.3 is 0 Å². The molecule has 1 aliphatic heterocycles. The van der Waals surface area contributed by atoms with Gasteiger partial charge in [-0.05, 0) is 12.0 Å². The van der Waals surface area contributed by atoms with Crippen molar-refractivity contribution in [3.8, 4) is 0 Å². The van der Waals surface area contributed by atoms with Gasteiger partial charge in [-0.1, -0.05) is 30.3 Å². The monoisotopic (exact) mass is 299 g/mol. The highest BCUT2D eigenvalue weighted by atomic mass is 16.5. The van der Waals surface area contributed by atoms with Crippen LogP contribution in [0.15, 0.2) is 42.7 Å². The van der Waals surface area contributed by atoms with Crippen molar-refractivity contribution in [3.63, 3.8) is 0 Å². The zero-order valence-electron chi connectivity index (χ0n) is 12.6. The van der Waals surface area contributed by atoms with Crippen LogP contribution in [0.5, 0.6) is 0 Å². The molecule has 116 valence electrons. The minimum atomic E-state index is 0.0571. The molecule has 0 saturated heterocycles. The summed E-state index contributed by atoms with van der Waals surface area (Å²) in [5.74, 6) is 1.17. The number of aromatic nitrogens is 2. The van der Waals surface area contributed by atoms with Gasteiger partial charge in [-0.3, -0.25) is 4.79 Å². The standard InChI is InChI=1S/C17H21N3O2/c21-17(8-11-22-13-14-4-2-1-3-5-14)19-15-6-7-16-18-9-10-20(16)12-15/h1-5,9-10,15H,6-8,11-13H2,(H,19,21)/t15-/m0/s1.